The zero-order valence-corrected chi connectivity index (χ0v) is 11.8. The average molecular weight is 241 g/mol. The minimum atomic E-state index is -0.00402. The van der Waals surface area contributed by atoms with Crippen molar-refractivity contribution in [3.8, 4) is 0 Å². The quantitative estimate of drug-likeness (QED) is 0.771. The van der Waals surface area contributed by atoms with E-state index in [4.69, 9.17) is 0 Å². The highest BCUT2D eigenvalue weighted by Crippen LogP contribution is 2.13. The lowest BCUT2D eigenvalue weighted by molar-refractivity contribution is -0.124. The third-order valence-corrected chi connectivity index (χ3v) is 3.84. The van der Waals surface area contributed by atoms with Crippen LogP contribution >= 0.6 is 0 Å². The molecule has 2 N–H and O–H groups in total. The van der Waals surface area contributed by atoms with Gasteiger partial charge in [0.05, 0.1) is 6.04 Å². The topological polar surface area (TPSA) is 44.4 Å². The summed E-state index contributed by atoms with van der Waals surface area (Å²) < 4.78 is 0. The Morgan fingerprint density at radius 3 is 2.59 bits per heavy atom. The second kappa shape index (κ2) is 5.83. The van der Waals surface area contributed by atoms with Gasteiger partial charge in [0.25, 0.3) is 0 Å². The number of rotatable bonds is 4. The normalized spacial score (nSPS) is 26.0. The van der Waals surface area contributed by atoms with Crippen LogP contribution in [0, 0.1) is 0 Å². The molecule has 2 unspecified atom stereocenters. The molecule has 0 radical (unpaired) electrons. The third-order valence-electron chi connectivity index (χ3n) is 3.84. The highest BCUT2D eigenvalue weighted by Gasteiger charge is 2.26. The van der Waals surface area contributed by atoms with Gasteiger partial charge in [-0.15, -0.1) is 0 Å². The minimum absolute atomic E-state index is 0.00304. The third kappa shape index (κ3) is 4.28. The number of hydrogen-bond acceptors (Lipinski definition) is 3. The number of piperidine rings is 1. The minimum Gasteiger partial charge on any atom is -0.353 e. The first-order chi connectivity index (χ1) is 7.83. The van der Waals surface area contributed by atoms with Gasteiger partial charge < -0.3 is 15.5 Å². The fourth-order valence-electron chi connectivity index (χ4n) is 1.93. The van der Waals surface area contributed by atoms with Gasteiger partial charge in [0, 0.05) is 18.1 Å². The van der Waals surface area contributed by atoms with Gasteiger partial charge >= 0.3 is 0 Å². The molecule has 0 saturated carbocycles. The summed E-state index contributed by atoms with van der Waals surface area (Å²) in [5.74, 6) is 0.145. The van der Waals surface area contributed by atoms with Crippen LogP contribution in [0.2, 0.25) is 0 Å². The molecule has 4 nitrogen and oxygen atoms in total. The number of likely N-dealkylation sites (N-methyl/N-ethyl adjacent to an activating group) is 1. The Bertz CT molecular complexity index is 263. The molecule has 2 atom stereocenters. The predicted octanol–water partition coefficient (Wildman–Crippen LogP) is 0.973. The van der Waals surface area contributed by atoms with Gasteiger partial charge in [0.2, 0.25) is 5.91 Å². The SMILES string of the molecule is CC1CCCC(C(=O)NCC(C)(C)N(C)C)N1. The van der Waals surface area contributed by atoms with Crippen molar-refractivity contribution in [2.75, 3.05) is 20.6 Å². The van der Waals surface area contributed by atoms with Crippen molar-refractivity contribution in [3.05, 3.63) is 0 Å². The molecule has 1 saturated heterocycles. The van der Waals surface area contributed by atoms with Crippen molar-refractivity contribution < 1.29 is 4.79 Å². The van der Waals surface area contributed by atoms with Crippen LogP contribution in [0.4, 0.5) is 0 Å². The van der Waals surface area contributed by atoms with Crippen molar-refractivity contribution in [3.63, 3.8) is 0 Å². The maximum atomic E-state index is 12.0. The second-order valence-electron chi connectivity index (χ2n) is 5.98. The number of carbonyl (C=O) groups excluding carboxylic acids is 1. The molecule has 0 aromatic rings. The summed E-state index contributed by atoms with van der Waals surface area (Å²) in [5.41, 5.74) is -0.00402. The van der Waals surface area contributed by atoms with Crippen molar-refractivity contribution >= 4 is 5.91 Å². The Kier molecular flexibility index (Phi) is 4.95. The molecule has 1 fully saturated rings. The summed E-state index contributed by atoms with van der Waals surface area (Å²) in [6, 6.07) is 0.457. The van der Waals surface area contributed by atoms with Gasteiger partial charge in [-0.25, -0.2) is 0 Å². The Morgan fingerprint density at radius 2 is 2.06 bits per heavy atom. The zero-order valence-electron chi connectivity index (χ0n) is 11.8. The zero-order chi connectivity index (χ0) is 13.1. The molecule has 1 aliphatic heterocycles. The molecule has 0 spiro atoms. The van der Waals surface area contributed by atoms with E-state index in [1.807, 2.05) is 14.1 Å². The van der Waals surface area contributed by atoms with E-state index >= 15 is 0 Å². The molecule has 0 bridgehead atoms. The van der Waals surface area contributed by atoms with Crippen LogP contribution in [0.25, 0.3) is 0 Å². The number of amides is 1. The van der Waals surface area contributed by atoms with Gasteiger partial charge in [-0.05, 0) is 54.1 Å². The van der Waals surface area contributed by atoms with E-state index in [9.17, 15) is 4.79 Å². The van der Waals surface area contributed by atoms with E-state index in [1.165, 1.54) is 6.42 Å². The Balaban J connectivity index is 2.39. The maximum absolute atomic E-state index is 12.0. The Hall–Kier alpha value is -0.610. The molecular formula is C13H27N3O. The van der Waals surface area contributed by atoms with Gasteiger partial charge in [0.1, 0.15) is 0 Å². The first-order valence-electron chi connectivity index (χ1n) is 6.54. The molecule has 4 heteroatoms. The van der Waals surface area contributed by atoms with E-state index in [-0.39, 0.29) is 17.5 Å². The summed E-state index contributed by atoms with van der Waals surface area (Å²) >= 11 is 0. The molecule has 0 aromatic carbocycles. The van der Waals surface area contributed by atoms with Crippen LogP contribution in [0.5, 0.6) is 0 Å². The van der Waals surface area contributed by atoms with Crippen LogP contribution in [0.1, 0.15) is 40.0 Å². The van der Waals surface area contributed by atoms with Gasteiger partial charge in [-0.2, -0.15) is 0 Å². The summed E-state index contributed by atoms with van der Waals surface area (Å²) in [6.45, 7) is 7.09. The molecule has 0 aromatic heterocycles. The molecule has 0 aliphatic carbocycles. The predicted molar refractivity (Wildman–Crippen MR) is 71.0 cm³/mol. The highest BCUT2D eigenvalue weighted by atomic mass is 16.2. The molecule has 1 amide bonds. The Morgan fingerprint density at radius 1 is 1.41 bits per heavy atom. The second-order valence-corrected chi connectivity index (χ2v) is 5.98. The first-order valence-corrected chi connectivity index (χ1v) is 6.54. The smallest absolute Gasteiger partial charge is 0.237 e. The fraction of sp³-hybridized carbons (Fsp3) is 0.923. The van der Waals surface area contributed by atoms with Crippen molar-refractivity contribution in [2.24, 2.45) is 0 Å². The van der Waals surface area contributed by atoms with Crippen LogP contribution in [-0.4, -0.2) is 49.1 Å². The lowest BCUT2D eigenvalue weighted by Gasteiger charge is -2.34. The molecular weight excluding hydrogens is 214 g/mol. The van der Waals surface area contributed by atoms with Gasteiger partial charge in [-0.1, -0.05) is 0 Å². The van der Waals surface area contributed by atoms with E-state index < -0.39 is 0 Å². The summed E-state index contributed by atoms with van der Waals surface area (Å²) in [6.07, 6.45) is 3.27. The molecule has 100 valence electrons. The summed E-state index contributed by atoms with van der Waals surface area (Å²) in [7, 11) is 4.07. The standard InChI is InChI=1S/C13H27N3O/c1-10-7-6-8-11(15-10)12(17)14-9-13(2,3)16(4)5/h10-11,15H,6-9H2,1-5H3,(H,14,17). The highest BCUT2D eigenvalue weighted by molar-refractivity contribution is 5.81. The molecule has 1 aliphatic rings. The number of hydrogen-bond donors (Lipinski definition) is 2. The lowest BCUT2D eigenvalue weighted by atomic mass is 9.98. The summed E-state index contributed by atoms with van der Waals surface area (Å²) in [5, 5.41) is 6.41. The average Bonchev–Trinajstić information content (AvgIpc) is 2.25. The van der Waals surface area contributed by atoms with Crippen molar-refractivity contribution in [1.82, 2.24) is 15.5 Å². The van der Waals surface area contributed by atoms with Crippen LogP contribution in [-0.2, 0) is 4.79 Å². The van der Waals surface area contributed by atoms with Gasteiger partial charge in [-0.3, -0.25) is 4.79 Å². The van der Waals surface area contributed by atoms with E-state index in [0.29, 0.717) is 12.6 Å². The van der Waals surface area contributed by atoms with E-state index in [2.05, 4.69) is 36.3 Å². The summed E-state index contributed by atoms with van der Waals surface area (Å²) in [4.78, 5) is 14.1. The number of carbonyl (C=O) groups is 1. The Labute approximate surface area is 105 Å². The van der Waals surface area contributed by atoms with Crippen LogP contribution in [0.15, 0.2) is 0 Å². The lowest BCUT2D eigenvalue weighted by Crippen LogP contribution is -2.54. The number of nitrogens with zero attached hydrogens (tertiary/aromatic N) is 1. The fourth-order valence-corrected chi connectivity index (χ4v) is 1.93. The van der Waals surface area contributed by atoms with Crippen molar-refractivity contribution in [2.45, 2.75) is 57.7 Å². The molecule has 1 heterocycles. The largest absolute Gasteiger partial charge is 0.353 e. The van der Waals surface area contributed by atoms with Crippen LogP contribution in [0.3, 0.4) is 0 Å². The first kappa shape index (κ1) is 14.5. The van der Waals surface area contributed by atoms with E-state index in [0.717, 1.165) is 12.8 Å². The van der Waals surface area contributed by atoms with Crippen LogP contribution < -0.4 is 10.6 Å². The number of nitrogens with one attached hydrogen (secondary N) is 2. The monoisotopic (exact) mass is 241 g/mol. The van der Waals surface area contributed by atoms with Gasteiger partial charge in [0.15, 0.2) is 0 Å². The van der Waals surface area contributed by atoms with E-state index in [1.54, 1.807) is 0 Å². The molecule has 17 heavy (non-hydrogen) atoms. The maximum Gasteiger partial charge on any atom is 0.237 e. The van der Waals surface area contributed by atoms with Crippen molar-refractivity contribution in [1.29, 1.82) is 0 Å². The molecule has 1 rings (SSSR count).